The maximum absolute atomic E-state index is 13.9. The fourth-order valence-corrected chi connectivity index (χ4v) is 7.23. The molecule has 262 valence electrons. The molecule has 2 unspecified atom stereocenters. The van der Waals surface area contributed by atoms with Crippen LogP contribution in [-0.4, -0.2) is 84.5 Å². The monoisotopic (exact) mass is 682 g/mol. The number of piperazine rings is 1. The van der Waals surface area contributed by atoms with Crippen LogP contribution < -0.4 is 10.6 Å². The highest BCUT2D eigenvalue weighted by Crippen LogP contribution is 2.46. The Kier molecular flexibility index (Phi) is 10.8. The van der Waals surface area contributed by atoms with Crippen molar-refractivity contribution in [1.29, 1.82) is 0 Å². The first kappa shape index (κ1) is 35.1. The highest BCUT2D eigenvalue weighted by atomic mass is 19.1. The highest BCUT2D eigenvalue weighted by Gasteiger charge is 2.43. The lowest BCUT2D eigenvalue weighted by atomic mass is 9.76. The van der Waals surface area contributed by atoms with Gasteiger partial charge in [-0.2, -0.15) is 4.98 Å². The predicted octanol–water partition coefficient (Wildman–Crippen LogP) is 5.80. The third kappa shape index (κ3) is 7.39. The molecule has 0 radical (unpaired) electrons. The summed E-state index contributed by atoms with van der Waals surface area (Å²) in [7, 11) is 3.99. The Hall–Kier alpha value is -4.74. The lowest BCUT2D eigenvalue weighted by Crippen LogP contribution is -2.49. The van der Waals surface area contributed by atoms with Gasteiger partial charge in [-0.3, -0.25) is 14.3 Å². The van der Waals surface area contributed by atoms with Crippen molar-refractivity contribution < 1.29 is 18.3 Å². The van der Waals surface area contributed by atoms with Crippen LogP contribution in [0.2, 0.25) is 0 Å². The zero-order valence-corrected chi connectivity index (χ0v) is 29.1. The molecule has 2 aliphatic heterocycles. The zero-order chi connectivity index (χ0) is 35.4. The molecule has 1 saturated heterocycles. The molecule has 1 aromatic heterocycles. The minimum Gasteiger partial charge on any atom is -0.465 e. The standard InChI is InChI=1S/C39H44F2N6O3/c1-5-50-38(48)32-26(2)42-37-34(33(32)27-10-7-6-8-11-27)36(43-39(49)47(37)21-9-20-44(3)4)46-24-22-45(23-25-46)35(28-12-16-30(40)17-13-28)29-14-18-31(41)19-15-29/h6-8,10-19,32-33,35H,5,9,20-25H2,1-4H3. The molecule has 0 saturated carbocycles. The number of fused-ring (bicyclic) bond motifs is 1. The van der Waals surface area contributed by atoms with Gasteiger partial charge in [-0.25, -0.2) is 18.6 Å². The number of nitrogens with zero attached hydrogens (tertiary/aromatic N) is 6. The summed E-state index contributed by atoms with van der Waals surface area (Å²) in [6, 6.07) is 22.4. The quantitative estimate of drug-likeness (QED) is 0.185. The van der Waals surface area contributed by atoms with E-state index in [1.54, 1.807) is 35.8 Å². The summed E-state index contributed by atoms with van der Waals surface area (Å²) < 4.78 is 35.1. The lowest BCUT2D eigenvalue weighted by molar-refractivity contribution is -0.146. The van der Waals surface area contributed by atoms with Gasteiger partial charge in [0, 0.05) is 49.9 Å². The van der Waals surface area contributed by atoms with E-state index >= 15 is 0 Å². The van der Waals surface area contributed by atoms with Crippen molar-refractivity contribution in [3.8, 4) is 0 Å². The smallest absolute Gasteiger partial charge is 0.351 e. The van der Waals surface area contributed by atoms with Crippen LogP contribution in [0.5, 0.6) is 0 Å². The number of ether oxygens (including phenoxy) is 1. The number of esters is 1. The van der Waals surface area contributed by atoms with Gasteiger partial charge in [0.2, 0.25) is 0 Å². The molecule has 0 N–H and O–H groups in total. The van der Waals surface area contributed by atoms with Gasteiger partial charge >= 0.3 is 11.7 Å². The molecule has 50 heavy (non-hydrogen) atoms. The number of aromatic nitrogens is 2. The summed E-state index contributed by atoms with van der Waals surface area (Å²) in [4.78, 5) is 43.7. The van der Waals surface area contributed by atoms with E-state index in [0.29, 0.717) is 50.1 Å². The molecular weight excluding hydrogens is 638 g/mol. The zero-order valence-electron chi connectivity index (χ0n) is 29.1. The summed E-state index contributed by atoms with van der Waals surface area (Å²) in [5, 5.41) is 0. The summed E-state index contributed by atoms with van der Waals surface area (Å²) in [5.74, 6) is -1.13. The van der Waals surface area contributed by atoms with Crippen LogP contribution in [0.4, 0.5) is 20.4 Å². The Morgan fingerprint density at radius 1 is 0.920 bits per heavy atom. The van der Waals surface area contributed by atoms with Crippen molar-refractivity contribution in [2.45, 2.75) is 38.8 Å². The van der Waals surface area contributed by atoms with Gasteiger partial charge in [0.05, 0.1) is 12.6 Å². The number of hydrogen-bond donors (Lipinski definition) is 0. The third-order valence-corrected chi connectivity index (χ3v) is 9.58. The number of benzene rings is 3. The number of anilines is 1. The van der Waals surface area contributed by atoms with Gasteiger partial charge in [0.1, 0.15) is 29.2 Å². The highest BCUT2D eigenvalue weighted by molar-refractivity contribution is 6.05. The second-order valence-corrected chi connectivity index (χ2v) is 13.2. The number of rotatable bonds is 11. The molecular formula is C39H44F2N6O3. The predicted molar refractivity (Wildman–Crippen MR) is 191 cm³/mol. The lowest BCUT2D eigenvalue weighted by Gasteiger charge is -2.42. The second kappa shape index (κ2) is 15.4. The van der Waals surface area contributed by atoms with Gasteiger partial charge in [0.25, 0.3) is 0 Å². The number of halogens is 2. The topological polar surface area (TPSA) is 83.3 Å². The Labute approximate surface area is 291 Å². The minimum absolute atomic E-state index is 0.233. The van der Waals surface area contributed by atoms with Gasteiger partial charge in [-0.1, -0.05) is 54.6 Å². The van der Waals surface area contributed by atoms with Gasteiger partial charge in [-0.05, 0) is 81.9 Å². The van der Waals surface area contributed by atoms with E-state index < -0.39 is 11.8 Å². The van der Waals surface area contributed by atoms with Crippen LogP contribution in [0.3, 0.4) is 0 Å². The maximum atomic E-state index is 13.9. The molecule has 2 atom stereocenters. The van der Waals surface area contributed by atoms with Crippen LogP contribution >= 0.6 is 0 Å². The van der Waals surface area contributed by atoms with Gasteiger partial charge in [0.15, 0.2) is 0 Å². The fraction of sp³-hybridized carbons (Fsp3) is 0.385. The Bertz CT molecular complexity index is 1830. The van der Waals surface area contributed by atoms with Crippen molar-refractivity contribution in [2.75, 3.05) is 58.3 Å². The normalized spacial score (nSPS) is 17.9. The summed E-state index contributed by atoms with van der Waals surface area (Å²) >= 11 is 0. The van der Waals surface area contributed by atoms with E-state index in [2.05, 4.69) is 14.7 Å². The third-order valence-electron chi connectivity index (χ3n) is 9.58. The largest absolute Gasteiger partial charge is 0.465 e. The van der Waals surface area contributed by atoms with Gasteiger partial charge < -0.3 is 14.5 Å². The average molecular weight is 683 g/mol. The molecule has 6 rings (SSSR count). The Morgan fingerprint density at radius 3 is 2.08 bits per heavy atom. The summed E-state index contributed by atoms with van der Waals surface area (Å²) in [6.07, 6.45) is 0.721. The average Bonchev–Trinajstić information content (AvgIpc) is 3.11. The molecule has 9 nitrogen and oxygen atoms in total. The summed E-state index contributed by atoms with van der Waals surface area (Å²) in [5.41, 5.74) is 3.66. The van der Waals surface area contributed by atoms with Crippen molar-refractivity contribution >= 4 is 23.3 Å². The van der Waals surface area contributed by atoms with Gasteiger partial charge in [-0.15, -0.1) is 0 Å². The molecule has 2 aliphatic rings. The van der Waals surface area contributed by atoms with Crippen LogP contribution in [-0.2, 0) is 16.1 Å². The molecule has 11 heteroatoms. The SMILES string of the molecule is CCOC(=O)C1C(C)=Nc2c(c(N3CCN(C(c4ccc(F)cc4)c4ccc(F)cc4)CC3)nc(=O)n2CCCN(C)C)C1c1ccccc1. The van der Waals surface area contributed by atoms with E-state index in [0.717, 1.165) is 35.2 Å². The Morgan fingerprint density at radius 2 is 1.52 bits per heavy atom. The van der Waals surface area contributed by atoms with E-state index in [4.69, 9.17) is 14.7 Å². The van der Waals surface area contributed by atoms with Crippen molar-refractivity contribution in [2.24, 2.45) is 10.9 Å². The number of hydrogen-bond acceptors (Lipinski definition) is 8. The molecule has 0 spiro atoms. The first-order chi connectivity index (χ1) is 24.2. The van der Waals surface area contributed by atoms with Crippen molar-refractivity contribution in [3.05, 3.63) is 123 Å². The second-order valence-electron chi connectivity index (χ2n) is 13.2. The molecule has 0 aliphatic carbocycles. The molecule has 3 heterocycles. The van der Waals surface area contributed by atoms with E-state index in [9.17, 15) is 18.4 Å². The van der Waals surface area contributed by atoms with Crippen LogP contribution in [0.15, 0.2) is 88.6 Å². The summed E-state index contributed by atoms with van der Waals surface area (Å²) in [6.45, 7) is 7.29. The van der Waals surface area contributed by atoms with Crippen LogP contribution in [0, 0.1) is 17.6 Å². The molecule has 0 bridgehead atoms. The van der Waals surface area contributed by atoms with E-state index in [-0.39, 0.29) is 35.9 Å². The van der Waals surface area contributed by atoms with Crippen LogP contribution in [0.25, 0.3) is 0 Å². The fourth-order valence-electron chi connectivity index (χ4n) is 7.23. The van der Waals surface area contributed by atoms with Crippen molar-refractivity contribution in [3.63, 3.8) is 0 Å². The first-order valence-electron chi connectivity index (χ1n) is 17.2. The van der Waals surface area contributed by atoms with Crippen LogP contribution in [0.1, 0.15) is 54.5 Å². The van der Waals surface area contributed by atoms with E-state index in [1.165, 1.54) is 24.3 Å². The number of aliphatic imine (C=N–C) groups is 1. The number of carbonyl (C=O) groups is 1. The van der Waals surface area contributed by atoms with E-state index in [1.807, 2.05) is 51.4 Å². The molecule has 3 aromatic carbocycles. The maximum Gasteiger partial charge on any atom is 0.351 e. The first-order valence-corrected chi connectivity index (χ1v) is 17.2. The van der Waals surface area contributed by atoms with Crippen molar-refractivity contribution in [1.82, 2.24) is 19.4 Å². The minimum atomic E-state index is -0.694. The molecule has 0 amide bonds. The molecule has 4 aromatic rings. The molecule has 1 fully saturated rings. The Balaban J connectivity index is 1.42. The number of carbonyl (C=O) groups excluding carboxylic acids is 1.